The van der Waals surface area contributed by atoms with Gasteiger partial charge in [-0.05, 0) is 52.6 Å². The fourth-order valence-corrected chi connectivity index (χ4v) is 3.67. The Labute approximate surface area is 153 Å². The third kappa shape index (κ3) is 2.23. The Hall–Kier alpha value is -3.68. The largest absolute Gasteiger partial charge is 0.503 e. The van der Waals surface area contributed by atoms with Crippen molar-refractivity contribution in [3.63, 3.8) is 0 Å². The molecule has 0 bridgehead atoms. The molecule has 3 heterocycles. The van der Waals surface area contributed by atoms with Gasteiger partial charge in [0.25, 0.3) is 5.91 Å². The number of aromatic nitrogens is 4. The summed E-state index contributed by atoms with van der Waals surface area (Å²) in [5.41, 5.74) is 5.04. The van der Waals surface area contributed by atoms with Gasteiger partial charge < -0.3 is 10.1 Å². The van der Waals surface area contributed by atoms with E-state index in [2.05, 4.69) is 20.3 Å². The van der Waals surface area contributed by atoms with E-state index in [9.17, 15) is 9.90 Å². The van der Waals surface area contributed by atoms with Crippen molar-refractivity contribution in [3.8, 4) is 0 Å². The van der Waals surface area contributed by atoms with Gasteiger partial charge >= 0.3 is 0 Å². The molecule has 2 aromatic heterocycles. The average molecular weight is 361 g/mol. The Kier molecular flexibility index (Phi) is 3.27. The number of aromatic amines is 1. The van der Waals surface area contributed by atoms with Crippen LogP contribution in [-0.2, 0) is 4.79 Å². The highest BCUT2D eigenvalue weighted by Gasteiger charge is 2.40. The summed E-state index contributed by atoms with van der Waals surface area (Å²) in [4.78, 5) is 21.8. The lowest BCUT2D eigenvalue weighted by atomic mass is 9.96. The van der Waals surface area contributed by atoms with Gasteiger partial charge in [-0.2, -0.15) is 0 Å². The first-order valence-electron chi connectivity index (χ1n) is 8.58. The first-order chi connectivity index (χ1) is 13.2. The number of carbonyl (C=O) groups excluding carboxylic acids is 1. The van der Waals surface area contributed by atoms with Gasteiger partial charge in [0.15, 0.2) is 5.76 Å². The van der Waals surface area contributed by atoms with Crippen molar-refractivity contribution in [2.75, 3.05) is 4.90 Å². The van der Waals surface area contributed by atoms with Crippen LogP contribution in [0.1, 0.15) is 24.9 Å². The number of rotatable bonds is 3. The molecule has 0 saturated carbocycles. The number of anilines is 1. The number of hydrogen-bond donors (Lipinski definition) is 2. The van der Waals surface area contributed by atoms with Gasteiger partial charge in [0.1, 0.15) is 11.0 Å². The van der Waals surface area contributed by atoms with Gasteiger partial charge in [0, 0.05) is 11.3 Å². The lowest BCUT2D eigenvalue weighted by Gasteiger charge is -2.27. The third-order valence-electron chi connectivity index (χ3n) is 4.97. The van der Waals surface area contributed by atoms with Crippen LogP contribution >= 0.6 is 0 Å². The van der Waals surface area contributed by atoms with Crippen LogP contribution in [0.2, 0.25) is 0 Å². The standard InChI is InChI=1S/C19H15N5O3/c1-2-12-17(10-3-5-14-16(7-10)23-27-22-14)24(19(26)18(12)25)11-4-6-13-15(8-11)21-9-20-13/h3-9,17,25H,2H2,1H3,(H,20,21). The maximum Gasteiger partial charge on any atom is 0.293 e. The molecule has 8 heteroatoms. The Morgan fingerprint density at radius 3 is 2.81 bits per heavy atom. The summed E-state index contributed by atoms with van der Waals surface area (Å²) in [6.45, 7) is 1.92. The number of fused-ring (bicyclic) bond motifs is 2. The van der Waals surface area contributed by atoms with Crippen molar-refractivity contribution < 1.29 is 14.5 Å². The molecular formula is C19H15N5O3. The predicted octanol–water partition coefficient (Wildman–Crippen LogP) is 3.41. The van der Waals surface area contributed by atoms with Crippen molar-refractivity contribution in [1.29, 1.82) is 0 Å². The van der Waals surface area contributed by atoms with E-state index in [0.29, 0.717) is 28.7 Å². The predicted molar refractivity (Wildman–Crippen MR) is 98.1 cm³/mol. The molecule has 2 N–H and O–H groups in total. The summed E-state index contributed by atoms with van der Waals surface area (Å²) >= 11 is 0. The topological polar surface area (TPSA) is 108 Å². The first-order valence-corrected chi connectivity index (χ1v) is 8.58. The SMILES string of the molecule is CCC1=C(O)C(=O)N(c2ccc3nc[nH]c3c2)C1c1ccc2nonc2c1. The summed E-state index contributed by atoms with van der Waals surface area (Å²) in [5, 5.41) is 18.2. The lowest BCUT2D eigenvalue weighted by molar-refractivity contribution is -0.117. The molecule has 2 aromatic carbocycles. The van der Waals surface area contributed by atoms with E-state index < -0.39 is 11.9 Å². The molecule has 0 radical (unpaired) electrons. The van der Waals surface area contributed by atoms with Gasteiger partial charge in [-0.25, -0.2) is 9.61 Å². The molecule has 1 aliphatic rings. The van der Waals surface area contributed by atoms with Crippen LogP contribution in [0.25, 0.3) is 22.1 Å². The highest BCUT2D eigenvalue weighted by molar-refractivity contribution is 6.09. The number of imidazole rings is 1. The quantitative estimate of drug-likeness (QED) is 0.579. The van der Waals surface area contributed by atoms with Crippen molar-refractivity contribution in [2.45, 2.75) is 19.4 Å². The van der Waals surface area contributed by atoms with E-state index in [0.717, 1.165) is 16.6 Å². The zero-order valence-corrected chi connectivity index (χ0v) is 14.4. The molecule has 0 saturated heterocycles. The number of carbonyl (C=O) groups is 1. The zero-order chi connectivity index (χ0) is 18.5. The first kappa shape index (κ1) is 15.6. The molecule has 0 fully saturated rings. The summed E-state index contributed by atoms with van der Waals surface area (Å²) in [5.74, 6) is -0.625. The summed E-state index contributed by atoms with van der Waals surface area (Å²) in [6.07, 6.45) is 2.15. The number of aliphatic hydroxyl groups is 1. The number of aliphatic hydroxyl groups excluding tert-OH is 1. The normalized spacial score (nSPS) is 17.6. The van der Waals surface area contributed by atoms with E-state index in [1.165, 1.54) is 0 Å². The molecule has 0 aliphatic carbocycles. The number of nitrogens with zero attached hydrogens (tertiary/aromatic N) is 4. The van der Waals surface area contributed by atoms with Crippen LogP contribution in [0.5, 0.6) is 0 Å². The van der Waals surface area contributed by atoms with Crippen LogP contribution < -0.4 is 4.90 Å². The van der Waals surface area contributed by atoms with E-state index in [-0.39, 0.29) is 5.76 Å². The Bertz CT molecular complexity index is 1220. The monoisotopic (exact) mass is 361 g/mol. The minimum Gasteiger partial charge on any atom is -0.503 e. The van der Waals surface area contributed by atoms with E-state index >= 15 is 0 Å². The van der Waals surface area contributed by atoms with Gasteiger partial charge in [0.05, 0.1) is 23.4 Å². The van der Waals surface area contributed by atoms with Crippen molar-refractivity contribution in [3.05, 3.63) is 59.6 Å². The molecule has 27 heavy (non-hydrogen) atoms. The fraction of sp³-hybridized carbons (Fsp3) is 0.158. The van der Waals surface area contributed by atoms with Gasteiger partial charge in [-0.1, -0.05) is 13.0 Å². The molecule has 5 rings (SSSR count). The van der Waals surface area contributed by atoms with E-state index in [1.54, 1.807) is 17.3 Å². The maximum absolute atomic E-state index is 12.9. The van der Waals surface area contributed by atoms with Crippen molar-refractivity contribution >= 4 is 33.7 Å². The minimum atomic E-state index is -0.427. The maximum atomic E-state index is 12.9. The second-order valence-corrected chi connectivity index (χ2v) is 6.42. The number of nitrogens with one attached hydrogen (secondary N) is 1. The Morgan fingerprint density at radius 2 is 1.96 bits per heavy atom. The smallest absolute Gasteiger partial charge is 0.293 e. The number of amides is 1. The van der Waals surface area contributed by atoms with Crippen LogP contribution in [0.15, 0.2) is 58.7 Å². The van der Waals surface area contributed by atoms with Gasteiger partial charge in [-0.3, -0.25) is 9.69 Å². The molecule has 1 atom stereocenters. The molecule has 4 aromatic rings. The zero-order valence-electron chi connectivity index (χ0n) is 14.4. The number of benzene rings is 2. The van der Waals surface area contributed by atoms with Crippen molar-refractivity contribution in [2.24, 2.45) is 0 Å². The molecule has 1 aliphatic heterocycles. The molecule has 1 amide bonds. The molecule has 134 valence electrons. The third-order valence-corrected chi connectivity index (χ3v) is 4.97. The lowest BCUT2D eigenvalue weighted by Crippen LogP contribution is -2.30. The van der Waals surface area contributed by atoms with E-state index in [1.807, 2.05) is 37.3 Å². The molecule has 0 spiro atoms. The fourth-order valence-electron chi connectivity index (χ4n) is 3.67. The second-order valence-electron chi connectivity index (χ2n) is 6.42. The number of H-pyrrole nitrogens is 1. The molecule has 1 unspecified atom stereocenters. The molecular weight excluding hydrogens is 346 g/mol. The van der Waals surface area contributed by atoms with Gasteiger partial charge in [-0.15, -0.1) is 0 Å². The molecule has 8 nitrogen and oxygen atoms in total. The van der Waals surface area contributed by atoms with E-state index in [4.69, 9.17) is 4.63 Å². The average Bonchev–Trinajstić information content (AvgIpc) is 3.39. The van der Waals surface area contributed by atoms with Crippen LogP contribution in [-0.4, -0.2) is 31.3 Å². The van der Waals surface area contributed by atoms with Crippen LogP contribution in [0, 0.1) is 0 Å². The summed E-state index contributed by atoms with van der Waals surface area (Å²) in [7, 11) is 0. The summed E-state index contributed by atoms with van der Waals surface area (Å²) < 4.78 is 4.78. The Balaban J connectivity index is 1.68. The highest BCUT2D eigenvalue weighted by Crippen LogP contribution is 2.42. The highest BCUT2D eigenvalue weighted by atomic mass is 16.6. The minimum absolute atomic E-state index is 0.203. The number of hydrogen-bond acceptors (Lipinski definition) is 6. The van der Waals surface area contributed by atoms with Crippen molar-refractivity contribution in [1.82, 2.24) is 20.3 Å². The van der Waals surface area contributed by atoms with Gasteiger partial charge in [0.2, 0.25) is 0 Å². The Morgan fingerprint density at radius 1 is 1.15 bits per heavy atom. The second kappa shape index (κ2) is 5.66. The summed E-state index contributed by atoms with van der Waals surface area (Å²) in [6, 6.07) is 10.6. The van der Waals surface area contributed by atoms with Crippen LogP contribution in [0.4, 0.5) is 5.69 Å². The van der Waals surface area contributed by atoms with Crippen LogP contribution in [0.3, 0.4) is 0 Å².